The molecule has 108 valence electrons. The van der Waals surface area contributed by atoms with E-state index >= 15 is 0 Å². The van der Waals surface area contributed by atoms with Gasteiger partial charge >= 0.3 is 0 Å². The standard InChI is InChI=1S/C15H14ClN3O2/c1-10-4-5-13-11(7-10)3-2-6-18(13)15-9-12(19(20)21)8-14(16)17-15/h4-5,7-9H,2-3,6H2,1H3. The highest BCUT2D eigenvalue weighted by molar-refractivity contribution is 6.29. The monoisotopic (exact) mass is 303 g/mol. The maximum atomic E-state index is 11.0. The van der Waals surface area contributed by atoms with E-state index in [1.165, 1.54) is 23.3 Å². The van der Waals surface area contributed by atoms with Gasteiger partial charge in [-0.05, 0) is 31.4 Å². The van der Waals surface area contributed by atoms with Crippen molar-refractivity contribution in [1.82, 2.24) is 4.98 Å². The number of pyridine rings is 1. The van der Waals surface area contributed by atoms with Crippen LogP contribution in [0.25, 0.3) is 0 Å². The number of nitro groups is 1. The van der Waals surface area contributed by atoms with Crippen molar-refractivity contribution < 1.29 is 4.92 Å². The van der Waals surface area contributed by atoms with E-state index in [0.29, 0.717) is 5.82 Å². The Morgan fingerprint density at radius 1 is 1.33 bits per heavy atom. The van der Waals surface area contributed by atoms with Gasteiger partial charge in [0, 0.05) is 12.2 Å². The Labute approximate surface area is 127 Å². The van der Waals surface area contributed by atoms with Gasteiger partial charge in [-0.3, -0.25) is 10.1 Å². The number of rotatable bonds is 2. The molecule has 1 aromatic carbocycles. The molecular weight excluding hydrogens is 290 g/mol. The van der Waals surface area contributed by atoms with Gasteiger partial charge in [0.15, 0.2) is 0 Å². The second kappa shape index (κ2) is 5.33. The van der Waals surface area contributed by atoms with Crippen LogP contribution >= 0.6 is 11.6 Å². The number of anilines is 2. The van der Waals surface area contributed by atoms with Crippen LogP contribution in [-0.2, 0) is 6.42 Å². The van der Waals surface area contributed by atoms with E-state index in [1.54, 1.807) is 0 Å². The summed E-state index contributed by atoms with van der Waals surface area (Å²) in [6.07, 6.45) is 1.99. The van der Waals surface area contributed by atoms with Crippen LogP contribution in [0.15, 0.2) is 30.3 Å². The zero-order valence-corrected chi connectivity index (χ0v) is 12.3. The molecule has 0 spiro atoms. The number of aryl methyl sites for hydroxylation is 2. The average molecular weight is 304 g/mol. The Kier molecular flexibility index (Phi) is 3.51. The molecule has 0 bridgehead atoms. The fourth-order valence-electron chi connectivity index (χ4n) is 2.68. The van der Waals surface area contributed by atoms with Crippen molar-refractivity contribution in [2.75, 3.05) is 11.4 Å². The molecule has 1 aliphatic heterocycles. The van der Waals surface area contributed by atoms with Crippen LogP contribution in [0.5, 0.6) is 0 Å². The highest BCUT2D eigenvalue weighted by Crippen LogP contribution is 2.35. The third-order valence-electron chi connectivity index (χ3n) is 3.61. The Morgan fingerprint density at radius 2 is 2.14 bits per heavy atom. The molecule has 6 heteroatoms. The zero-order chi connectivity index (χ0) is 15.0. The summed E-state index contributed by atoms with van der Waals surface area (Å²) in [5.74, 6) is 0.527. The SMILES string of the molecule is Cc1ccc2c(c1)CCCN2c1cc([N+](=O)[O-])cc(Cl)n1. The van der Waals surface area contributed by atoms with Crippen molar-refractivity contribution in [3.63, 3.8) is 0 Å². The lowest BCUT2D eigenvalue weighted by Crippen LogP contribution is -2.25. The summed E-state index contributed by atoms with van der Waals surface area (Å²) in [6, 6.07) is 8.97. The number of hydrogen-bond acceptors (Lipinski definition) is 4. The van der Waals surface area contributed by atoms with Gasteiger partial charge in [0.25, 0.3) is 5.69 Å². The van der Waals surface area contributed by atoms with E-state index in [1.807, 2.05) is 17.0 Å². The van der Waals surface area contributed by atoms with Gasteiger partial charge in [0.05, 0.1) is 17.1 Å². The smallest absolute Gasteiger partial charge is 0.276 e. The first kappa shape index (κ1) is 13.8. The van der Waals surface area contributed by atoms with Crippen LogP contribution in [0.3, 0.4) is 0 Å². The van der Waals surface area contributed by atoms with Crippen molar-refractivity contribution in [3.05, 3.63) is 56.7 Å². The van der Waals surface area contributed by atoms with Crippen LogP contribution in [0.2, 0.25) is 5.15 Å². The number of nitrogens with zero attached hydrogens (tertiary/aromatic N) is 3. The van der Waals surface area contributed by atoms with Crippen LogP contribution in [0.4, 0.5) is 17.2 Å². The third kappa shape index (κ3) is 2.69. The minimum atomic E-state index is -0.447. The summed E-state index contributed by atoms with van der Waals surface area (Å²) >= 11 is 5.92. The first-order valence-electron chi connectivity index (χ1n) is 6.73. The molecule has 21 heavy (non-hydrogen) atoms. The largest absolute Gasteiger partial charge is 0.326 e. The maximum absolute atomic E-state index is 11.0. The Morgan fingerprint density at radius 3 is 2.90 bits per heavy atom. The molecule has 1 aromatic heterocycles. The van der Waals surface area contributed by atoms with Crippen molar-refractivity contribution in [2.24, 2.45) is 0 Å². The summed E-state index contributed by atoms with van der Waals surface area (Å²) < 4.78 is 0. The molecule has 0 saturated heterocycles. The lowest BCUT2D eigenvalue weighted by molar-refractivity contribution is -0.384. The minimum Gasteiger partial charge on any atom is -0.326 e. The van der Waals surface area contributed by atoms with Gasteiger partial charge in [0.2, 0.25) is 0 Å². The predicted molar refractivity (Wildman–Crippen MR) is 82.4 cm³/mol. The second-order valence-electron chi connectivity index (χ2n) is 5.15. The van der Waals surface area contributed by atoms with Crippen LogP contribution in [0.1, 0.15) is 17.5 Å². The zero-order valence-electron chi connectivity index (χ0n) is 11.5. The number of fused-ring (bicyclic) bond motifs is 1. The molecule has 2 heterocycles. The highest BCUT2D eigenvalue weighted by atomic mass is 35.5. The maximum Gasteiger partial charge on any atom is 0.276 e. The Bertz CT molecular complexity index is 718. The lowest BCUT2D eigenvalue weighted by Gasteiger charge is -2.30. The van der Waals surface area contributed by atoms with E-state index in [2.05, 4.69) is 18.0 Å². The van der Waals surface area contributed by atoms with Crippen LogP contribution < -0.4 is 4.90 Å². The molecule has 0 fully saturated rings. The van der Waals surface area contributed by atoms with E-state index in [0.717, 1.165) is 25.1 Å². The van der Waals surface area contributed by atoms with Gasteiger partial charge in [-0.25, -0.2) is 4.98 Å². The summed E-state index contributed by atoms with van der Waals surface area (Å²) in [5, 5.41) is 11.1. The van der Waals surface area contributed by atoms with Crippen molar-refractivity contribution in [1.29, 1.82) is 0 Å². The van der Waals surface area contributed by atoms with E-state index < -0.39 is 4.92 Å². The molecule has 0 radical (unpaired) electrons. The average Bonchev–Trinajstić information content (AvgIpc) is 2.45. The van der Waals surface area contributed by atoms with Gasteiger partial charge in [-0.1, -0.05) is 29.3 Å². The third-order valence-corrected chi connectivity index (χ3v) is 3.80. The molecule has 0 atom stereocenters. The molecule has 0 amide bonds. The molecule has 0 unspecified atom stereocenters. The predicted octanol–water partition coefficient (Wildman–Crippen LogP) is 4.04. The van der Waals surface area contributed by atoms with Gasteiger partial charge in [-0.2, -0.15) is 0 Å². The van der Waals surface area contributed by atoms with Crippen LogP contribution in [-0.4, -0.2) is 16.5 Å². The number of halogens is 1. The summed E-state index contributed by atoms with van der Waals surface area (Å²) in [6.45, 7) is 2.84. The Balaban J connectivity index is 2.08. The van der Waals surface area contributed by atoms with Gasteiger partial charge < -0.3 is 4.90 Å². The molecular formula is C15H14ClN3O2. The fraction of sp³-hybridized carbons (Fsp3) is 0.267. The Hall–Kier alpha value is -2.14. The van der Waals surface area contributed by atoms with Crippen molar-refractivity contribution in [3.8, 4) is 0 Å². The molecule has 2 aromatic rings. The van der Waals surface area contributed by atoms with Gasteiger partial charge in [0.1, 0.15) is 11.0 Å². The van der Waals surface area contributed by atoms with Crippen molar-refractivity contribution >= 4 is 28.8 Å². The van der Waals surface area contributed by atoms with Crippen molar-refractivity contribution in [2.45, 2.75) is 19.8 Å². The summed E-state index contributed by atoms with van der Waals surface area (Å²) in [5.41, 5.74) is 3.46. The van der Waals surface area contributed by atoms with Gasteiger partial charge in [-0.15, -0.1) is 0 Å². The second-order valence-corrected chi connectivity index (χ2v) is 5.54. The molecule has 0 saturated carbocycles. The lowest BCUT2D eigenvalue weighted by atomic mass is 9.99. The summed E-state index contributed by atoms with van der Waals surface area (Å²) in [7, 11) is 0. The molecule has 3 rings (SSSR count). The molecule has 0 aliphatic carbocycles. The van der Waals surface area contributed by atoms with E-state index in [4.69, 9.17) is 11.6 Å². The minimum absolute atomic E-state index is 0.0377. The molecule has 0 N–H and O–H groups in total. The quantitative estimate of drug-likeness (QED) is 0.477. The first-order chi connectivity index (χ1) is 10.0. The number of benzene rings is 1. The molecule has 1 aliphatic rings. The number of hydrogen-bond donors (Lipinski definition) is 0. The first-order valence-corrected chi connectivity index (χ1v) is 7.11. The number of aromatic nitrogens is 1. The molecule has 5 nitrogen and oxygen atoms in total. The van der Waals surface area contributed by atoms with E-state index in [9.17, 15) is 10.1 Å². The topological polar surface area (TPSA) is 59.3 Å². The fourth-order valence-corrected chi connectivity index (χ4v) is 2.88. The van der Waals surface area contributed by atoms with Crippen LogP contribution in [0, 0.1) is 17.0 Å². The highest BCUT2D eigenvalue weighted by Gasteiger charge is 2.21. The normalized spacial score (nSPS) is 13.9. The summed E-state index contributed by atoms with van der Waals surface area (Å²) in [4.78, 5) is 16.8. The van der Waals surface area contributed by atoms with E-state index in [-0.39, 0.29) is 10.8 Å².